The van der Waals surface area contributed by atoms with E-state index in [0.717, 1.165) is 0 Å². The molecule has 5 nitrogen and oxygen atoms in total. The molecule has 0 aliphatic carbocycles. The van der Waals surface area contributed by atoms with Crippen molar-refractivity contribution in [3.05, 3.63) is 29.8 Å². The lowest BCUT2D eigenvalue weighted by Gasteiger charge is -2.33. The molecule has 1 aliphatic rings. The first kappa shape index (κ1) is 14.0. The topological polar surface area (TPSA) is 81.4 Å². The number of piperidine rings is 1. The van der Waals surface area contributed by atoms with Gasteiger partial charge in [0.15, 0.2) is 0 Å². The summed E-state index contributed by atoms with van der Waals surface area (Å²) in [5.74, 6) is -0.0677. The molecular formula is C13H16N2O3S. The summed E-state index contributed by atoms with van der Waals surface area (Å²) in [6.45, 7) is 2.49. The Morgan fingerprint density at radius 1 is 1.37 bits per heavy atom. The Balaban J connectivity index is 2.25. The summed E-state index contributed by atoms with van der Waals surface area (Å²) < 4.78 is 26.2. The third-order valence-corrected chi connectivity index (χ3v) is 5.32. The second-order valence-corrected chi connectivity index (χ2v) is 6.77. The summed E-state index contributed by atoms with van der Waals surface area (Å²) in [5.41, 5.74) is 0.432. The standard InChI is InChI=1S/C13H16N2O3S/c1-10-9-15(7-6-13(10)16)19(17,18)12-4-2-11(8-14)3-5-12/h2-5,10,13,16H,6-7,9H2,1H3. The zero-order valence-electron chi connectivity index (χ0n) is 10.7. The van der Waals surface area contributed by atoms with Crippen LogP contribution in [0.2, 0.25) is 0 Å². The summed E-state index contributed by atoms with van der Waals surface area (Å²) in [6.07, 6.45) is 0.0175. The molecule has 1 saturated heterocycles. The van der Waals surface area contributed by atoms with Crippen molar-refractivity contribution in [1.82, 2.24) is 4.31 Å². The third-order valence-electron chi connectivity index (χ3n) is 3.44. The van der Waals surface area contributed by atoms with Crippen molar-refractivity contribution in [1.29, 1.82) is 5.26 Å². The van der Waals surface area contributed by atoms with E-state index in [9.17, 15) is 13.5 Å². The molecule has 6 heteroatoms. The fraction of sp³-hybridized carbons (Fsp3) is 0.462. The highest BCUT2D eigenvalue weighted by molar-refractivity contribution is 7.89. The molecule has 102 valence electrons. The van der Waals surface area contributed by atoms with Crippen molar-refractivity contribution < 1.29 is 13.5 Å². The Bertz CT molecular complexity index is 589. The average molecular weight is 280 g/mol. The van der Waals surface area contributed by atoms with Crippen molar-refractivity contribution in [3.8, 4) is 6.07 Å². The molecule has 0 saturated carbocycles. The highest BCUT2D eigenvalue weighted by atomic mass is 32.2. The highest BCUT2D eigenvalue weighted by Gasteiger charge is 2.32. The van der Waals surface area contributed by atoms with Crippen LogP contribution >= 0.6 is 0 Å². The van der Waals surface area contributed by atoms with Gasteiger partial charge in [0.25, 0.3) is 0 Å². The predicted molar refractivity (Wildman–Crippen MR) is 69.7 cm³/mol. The van der Waals surface area contributed by atoms with Crippen LogP contribution in [0.1, 0.15) is 18.9 Å². The van der Waals surface area contributed by atoms with Crippen LogP contribution in [0.15, 0.2) is 29.2 Å². The maximum Gasteiger partial charge on any atom is 0.243 e. The molecule has 0 spiro atoms. The Morgan fingerprint density at radius 2 is 2.00 bits per heavy atom. The molecular weight excluding hydrogens is 264 g/mol. The van der Waals surface area contributed by atoms with Gasteiger partial charge < -0.3 is 5.11 Å². The molecule has 2 atom stereocenters. The van der Waals surface area contributed by atoms with Crippen LogP contribution in [-0.4, -0.2) is 37.0 Å². The number of hydrogen-bond acceptors (Lipinski definition) is 4. The van der Waals surface area contributed by atoms with Crippen molar-refractivity contribution in [3.63, 3.8) is 0 Å². The van der Waals surface area contributed by atoms with Gasteiger partial charge in [0.2, 0.25) is 10.0 Å². The number of benzene rings is 1. The molecule has 0 radical (unpaired) electrons. The van der Waals surface area contributed by atoms with E-state index >= 15 is 0 Å². The Hall–Kier alpha value is -1.42. The minimum absolute atomic E-state index is 0.0677. The minimum atomic E-state index is -3.53. The Kier molecular flexibility index (Phi) is 3.90. The maximum atomic E-state index is 12.4. The summed E-state index contributed by atoms with van der Waals surface area (Å²) in [5, 5.41) is 18.3. The lowest BCUT2D eigenvalue weighted by Crippen LogP contribution is -2.44. The normalized spacial score (nSPS) is 24.9. The van der Waals surface area contributed by atoms with Crippen LogP contribution in [0, 0.1) is 17.2 Å². The summed E-state index contributed by atoms with van der Waals surface area (Å²) in [6, 6.07) is 7.84. The van der Waals surface area contributed by atoms with E-state index in [1.165, 1.54) is 28.6 Å². The first-order chi connectivity index (χ1) is 8.95. The second kappa shape index (κ2) is 5.29. The SMILES string of the molecule is CC1CN(S(=O)(=O)c2ccc(C#N)cc2)CCC1O. The molecule has 19 heavy (non-hydrogen) atoms. The molecule has 0 bridgehead atoms. The van der Waals surface area contributed by atoms with Crippen LogP contribution in [0.3, 0.4) is 0 Å². The Morgan fingerprint density at radius 3 is 2.53 bits per heavy atom. The minimum Gasteiger partial charge on any atom is -0.393 e. The highest BCUT2D eigenvalue weighted by Crippen LogP contribution is 2.23. The maximum absolute atomic E-state index is 12.4. The zero-order chi connectivity index (χ0) is 14.0. The lowest BCUT2D eigenvalue weighted by atomic mass is 9.99. The predicted octanol–water partition coefficient (Wildman–Crippen LogP) is 0.950. The molecule has 0 aromatic heterocycles. The van der Waals surface area contributed by atoms with Crippen molar-refractivity contribution in [2.24, 2.45) is 5.92 Å². The number of hydrogen-bond donors (Lipinski definition) is 1. The van der Waals surface area contributed by atoms with Gasteiger partial charge in [-0.15, -0.1) is 0 Å². The van der Waals surface area contributed by atoms with Gasteiger partial charge in [-0.25, -0.2) is 8.42 Å². The third kappa shape index (κ3) is 2.78. The van der Waals surface area contributed by atoms with Crippen LogP contribution < -0.4 is 0 Å². The number of nitriles is 1. The van der Waals surface area contributed by atoms with Crippen LogP contribution in [-0.2, 0) is 10.0 Å². The quantitative estimate of drug-likeness (QED) is 0.874. The second-order valence-electron chi connectivity index (χ2n) is 4.83. The van der Waals surface area contributed by atoms with Crippen molar-refractivity contribution >= 4 is 10.0 Å². The molecule has 1 heterocycles. The monoisotopic (exact) mass is 280 g/mol. The molecule has 1 N–H and O–H groups in total. The van der Waals surface area contributed by atoms with Crippen LogP contribution in [0.25, 0.3) is 0 Å². The van der Waals surface area contributed by atoms with E-state index in [0.29, 0.717) is 25.1 Å². The zero-order valence-corrected chi connectivity index (χ0v) is 11.5. The molecule has 1 aromatic carbocycles. The van der Waals surface area contributed by atoms with E-state index in [4.69, 9.17) is 5.26 Å². The van der Waals surface area contributed by atoms with Gasteiger partial charge >= 0.3 is 0 Å². The lowest BCUT2D eigenvalue weighted by molar-refractivity contribution is 0.0628. The summed E-state index contributed by atoms with van der Waals surface area (Å²) in [4.78, 5) is 0.190. The van der Waals surface area contributed by atoms with Gasteiger partial charge in [0.05, 0.1) is 22.6 Å². The largest absolute Gasteiger partial charge is 0.393 e. The first-order valence-electron chi connectivity index (χ1n) is 6.13. The number of rotatable bonds is 2. The number of sulfonamides is 1. The fourth-order valence-electron chi connectivity index (χ4n) is 2.16. The van der Waals surface area contributed by atoms with E-state index in [-0.39, 0.29) is 10.8 Å². The van der Waals surface area contributed by atoms with E-state index in [1.54, 1.807) is 0 Å². The van der Waals surface area contributed by atoms with Gasteiger partial charge in [0.1, 0.15) is 0 Å². The van der Waals surface area contributed by atoms with Crippen LogP contribution in [0.5, 0.6) is 0 Å². The number of nitrogens with zero attached hydrogens (tertiary/aromatic N) is 2. The van der Waals surface area contributed by atoms with Crippen molar-refractivity contribution in [2.75, 3.05) is 13.1 Å². The van der Waals surface area contributed by atoms with E-state index in [2.05, 4.69) is 0 Å². The van der Waals surface area contributed by atoms with Gasteiger partial charge in [-0.2, -0.15) is 9.57 Å². The molecule has 1 aliphatic heterocycles. The van der Waals surface area contributed by atoms with Gasteiger partial charge in [-0.05, 0) is 36.6 Å². The number of aliphatic hydroxyl groups is 1. The number of aliphatic hydroxyl groups excluding tert-OH is 1. The van der Waals surface area contributed by atoms with Gasteiger partial charge in [-0.3, -0.25) is 0 Å². The Labute approximate surface area is 113 Å². The van der Waals surface area contributed by atoms with Crippen LogP contribution in [0.4, 0.5) is 0 Å². The van der Waals surface area contributed by atoms with E-state index < -0.39 is 16.1 Å². The smallest absolute Gasteiger partial charge is 0.243 e. The summed E-state index contributed by atoms with van der Waals surface area (Å²) >= 11 is 0. The molecule has 2 rings (SSSR count). The summed E-state index contributed by atoms with van der Waals surface area (Å²) in [7, 11) is -3.53. The molecule has 2 unspecified atom stereocenters. The first-order valence-corrected chi connectivity index (χ1v) is 7.57. The van der Waals surface area contributed by atoms with E-state index in [1.807, 2.05) is 13.0 Å². The molecule has 1 aromatic rings. The average Bonchev–Trinajstić information content (AvgIpc) is 2.41. The van der Waals surface area contributed by atoms with Gasteiger partial charge in [-0.1, -0.05) is 6.92 Å². The molecule has 1 fully saturated rings. The molecule has 0 amide bonds. The van der Waals surface area contributed by atoms with Crippen molar-refractivity contribution in [2.45, 2.75) is 24.3 Å². The fourth-order valence-corrected chi connectivity index (χ4v) is 3.72. The van der Waals surface area contributed by atoms with Gasteiger partial charge in [0, 0.05) is 13.1 Å².